The molecular weight excluding hydrogens is 428 g/mol. The summed E-state index contributed by atoms with van der Waals surface area (Å²) in [6.45, 7) is 3.52. The number of halogens is 1. The average Bonchev–Trinajstić information content (AvgIpc) is 2.68. The van der Waals surface area contributed by atoms with E-state index in [4.69, 9.17) is 20.5 Å². The minimum absolute atomic E-state index is 0. The van der Waals surface area contributed by atoms with Crippen molar-refractivity contribution in [2.24, 2.45) is 10.9 Å². The van der Waals surface area contributed by atoms with E-state index in [1.807, 2.05) is 13.0 Å². The average molecular weight is 455 g/mol. The van der Waals surface area contributed by atoms with Crippen LogP contribution >= 0.6 is 12.4 Å². The summed E-state index contributed by atoms with van der Waals surface area (Å²) in [6, 6.07) is 9.58. The zero-order valence-corrected chi connectivity index (χ0v) is 18.6. The van der Waals surface area contributed by atoms with Crippen LogP contribution in [0.5, 0.6) is 11.5 Å². The molecule has 8 nitrogen and oxygen atoms in total. The Hall–Kier alpha value is -2.65. The number of rotatable bonds is 6. The smallest absolute Gasteiger partial charge is 0.339 e. The van der Waals surface area contributed by atoms with E-state index in [1.165, 1.54) is 31.4 Å². The molecule has 0 aliphatic carbocycles. The maximum absolute atomic E-state index is 12.7. The summed E-state index contributed by atoms with van der Waals surface area (Å²) in [6.07, 6.45) is 3.38. The minimum atomic E-state index is -4.02. The highest BCUT2D eigenvalue weighted by Gasteiger charge is 2.27. The Bertz CT molecular complexity index is 989. The molecule has 3 rings (SSSR count). The van der Waals surface area contributed by atoms with E-state index in [2.05, 4.69) is 10.0 Å². The summed E-state index contributed by atoms with van der Waals surface area (Å²) in [5.41, 5.74) is 7.96. The van der Waals surface area contributed by atoms with Gasteiger partial charge in [0.1, 0.15) is 11.2 Å². The van der Waals surface area contributed by atoms with Crippen molar-refractivity contribution in [3.05, 3.63) is 47.5 Å². The van der Waals surface area contributed by atoms with Gasteiger partial charge in [-0.1, -0.05) is 6.07 Å². The normalized spacial score (nSPS) is 15.1. The van der Waals surface area contributed by atoms with Crippen LogP contribution in [0.3, 0.4) is 0 Å². The third-order valence-corrected chi connectivity index (χ3v) is 6.25. The highest BCUT2D eigenvalue weighted by molar-refractivity contribution is 7.87. The molecule has 1 heterocycles. The van der Waals surface area contributed by atoms with E-state index in [-0.39, 0.29) is 29.0 Å². The van der Waals surface area contributed by atoms with Gasteiger partial charge in [0, 0.05) is 24.3 Å². The van der Waals surface area contributed by atoms with Gasteiger partial charge in [0.25, 0.3) is 0 Å². The molecule has 30 heavy (non-hydrogen) atoms. The zero-order chi connectivity index (χ0) is 21.0. The SMILES string of the molecule is COc1c(OS(=O)(=O)c2ccc(N)cc2)cc(C)cc1C1CCN(C=NN)CC1.Cl. The van der Waals surface area contributed by atoms with E-state index in [0.29, 0.717) is 11.4 Å². The monoisotopic (exact) mass is 454 g/mol. The van der Waals surface area contributed by atoms with Gasteiger partial charge in [0.2, 0.25) is 0 Å². The summed E-state index contributed by atoms with van der Waals surface area (Å²) < 4.78 is 36.6. The molecule has 1 aliphatic heterocycles. The number of hydrazone groups is 1. The van der Waals surface area contributed by atoms with Crippen molar-refractivity contribution in [2.75, 3.05) is 25.9 Å². The van der Waals surface area contributed by atoms with E-state index >= 15 is 0 Å². The van der Waals surface area contributed by atoms with Crippen molar-refractivity contribution in [3.63, 3.8) is 0 Å². The molecular formula is C20H27ClN4O4S. The summed E-state index contributed by atoms with van der Waals surface area (Å²) in [5.74, 6) is 6.08. The molecule has 0 spiro atoms. The molecule has 0 aromatic heterocycles. The maximum atomic E-state index is 12.7. The number of hydrogen-bond acceptors (Lipinski definition) is 7. The zero-order valence-electron chi connectivity index (χ0n) is 16.9. The number of nitrogens with zero attached hydrogens (tertiary/aromatic N) is 2. The number of anilines is 1. The fourth-order valence-corrected chi connectivity index (χ4v) is 4.50. The second-order valence-corrected chi connectivity index (χ2v) is 8.61. The number of nitrogens with two attached hydrogens (primary N) is 2. The molecule has 2 aromatic rings. The predicted octanol–water partition coefficient (Wildman–Crippen LogP) is 2.86. The Morgan fingerprint density at radius 1 is 1.17 bits per heavy atom. The molecule has 0 unspecified atom stereocenters. The maximum Gasteiger partial charge on any atom is 0.339 e. The highest BCUT2D eigenvalue weighted by Crippen LogP contribution is 2.41. The number of hydrogen-bond donors (Lipinski definition) is 2. The van der Waals surface area contributed by atoms with E-state index in [9.17, 15) is 8.42 Å². The molecule has 0 amide bonds. The first kappa shape index (κ1) is 23.6. The molecule has 0 saturated carbocycles. The molecule has 0 radical (unpaired) electrons. The lowest BCUT2D eigenvalue weighted by Crippen LogP contribution is -2.32. The number of nitrogen functional groups attached to an aromatic ring is 1. The molecule has 10 heteroatoms. The largest absolute Gasteiger partial charge is 0.492 e. The van der Waals surface area contributed by atoms with Crippen molar-refractivity contribution in [3.8, 4) is 11.5 Å². The van der Waals surface area contributed by atoms with Crippen LogP contribution in [-0.2, 0) is 10.1 Å². The van der Waals surface area contributed by atoms with Crippen molar-refractivity contribution < 1.29 is 17.3 Å². The number of methoxy groups -OCH3 is 1. The minimum Gasteiger partial charge on any atom is -0.492 e. The van der Waals surface area contributed by atoms with Crippen molar-refractivity contribution >= 4 is 34.6 Å². The first-order chi connectivity index (χ1) is 13.8. The van der Waals surface area contributed by atoms with Crippen LogP contribution in [0.15, 0.2) is 46.4 Å². The van der Waals surface area contributed by atoms with Crippen molar-refractivity contribution in [2.45, 2.75) is 30.6 Å². The summed E-state index contributed by atoms with van der Waals surface area (Å²) in [7, 11) is -2.50. The number of likely N-dealkylation sites (tertiary alicyclic amines) is 1. The van der Waals surface area contributed by atoms with E-state index in [0.717, 1.165) is 37.1 Å². The van der Waals surface area contributed by atoms with Crippen LogP contribution in [0.2, 0.25) is 0 Å². The van der Waals surface area contributed by atoms with Crippen LogP contribution in [0.4, 0.5) is 5.69 Å². The van der Waals surface area contributed by atoms with Crippen LogP contribution in [0.1, 0.15) is 29.9 Å². The van der Waals surface area contributed by atoms with Gasteiger partial charge in [-0.15, -0.1) is 12.4 Å². The number of aryl methyl sites for hydroxylation is 1. The topological polar surface area (TPSA) is 120 Å². The fraction of sp³-hybridized carbons (Fsp3) is 0.350. The van der Waals surface area contributed by atoms with Crippen molar-refractivity contribution in [1.29, 1.82) is 0 Å². The Morgan fingerprint density at radius 2 is 1.80 bits per heavy atom. The summed E-state index contributed by atoms with van der Waals surface area (Å²) in [4.78, 5) is 2.09. The summed E-state index contributed by atoms with van der Waals surface area (Å²) in [5, 5.41) is 3.58. The van der Waals surface area contributed by atoms with Gasteiger partial charge in [-0.3, -0.25) is 0 Å². The second-order valence-electron chi connectivity index (χ2n) is 7.07. The fourth-order valence-electron chi connectivity index (χ4n) is 3.57. The van der Waals surface area contributed by atoms with Crippen LogP contribution < -0.4 is 20.5 Å². The van der Waals surface area contributed by atoms with Crippen LogP contribution in [-0.4, -0.2) is 39.9 Å². The first-order valence-corrected chi connectivity index (χ1v) is 10.7. The van der Waals surface area contributed by atoms with E-state index in [1.54, 1.807) is 12.4 Å². The van der Waals surface area contributed by atoms with Gasteiger partial charge in [-0.25, -0.2) is 0 Å². The molecule has 1 fully saturated rings. The standard InChI is InChI=1S/C20H26N4O4S.ClH/c1-14-11-18(15-7-9-24(10-8-15)13-23-22)20(27-2)19(12-14)28-29(25,26)17-5-3-16(21)4-6-17;/h3-6,11-13,15H,7-10,21-22H2,1-2H3;1H. The number of piperidine rings is 1. The van der Waals surface area contributed by atoms with Crippen LogP contribution in [0.25, 0.3) is 0 Å². The molecule has 0 bridgehead atoms. The second kappa shape index (κ2) is 9.90. The lowest BCUT2D eigenvalue weighted by molar-refractivity contribution is 0.311. The lowest BCUT2D eigenvalue weighted by Gasteiger charge is -2.31. The molecule has 1 aliphatic rings. The quantitative estimate of drug-likeness (QED) is 0.172. The third kappa shape index (κ3) is 5.28. The van der Waals surface area contributed by atoms with Gasteiger partial charge >= 0.3 is 10.1 Å². The molecule has 2 aromatic carbocycles. The molecule has 0 atom stereocenters. The Balaban J connectivity index is 0.00000320. The van der Waals surface area contributed by atoms with Crippen molar-refractivity contribution in [1.82, 2.24) is 4.90 Å². The Labute approximate surface area is 183 Å². The predicted molar refractivity (Wildman–Crippen MR) is 120 cm³/mol. The highest BCUT2D eigenvalue weighted by atomic mass is 35.5. The number of benzene rings is 2. The molecule has 1 saturated heterocycles. The third-order valence-electron chi connectivity index (χ3n) is 5.00. The number of ether oxygens (including phenoxy) is 1. The lowest BCUT2D eigenvalue weighted by atomic mass is 9.88. The van der Waals surface area contributed by atoms with Gasteiger partial charge in [0.15, 0.2) is 11.5 Å². The van der Waals surface area contributed by atoms with Gasteiger partial charge in [-0.2, -0.15) is 13.5 Å². The van der Waals surface area contributed by atoms with E-state index < -0.39 is 10.1 Å². The Kier molecular flexibility index (Phi) is 7.80. The Morgan fingerprint density at radius 3 is 2.37 bits per heavy atom. The van der Waals surface area contributed by atoms with Gasteiger partial charge < -0.3 is 25.4 Å². The first-order valence-electron chi connectivity index (χ1n) is 9.30. The van der Waals surface area contributed by atoms with Crippen LogP contribution in [0, 0.1) is 6.92 Å². The summed E-state index contributed by atoms with van der Waals surface area (Å²) >= 11 is 0. The molecule has 4 N–H and O–H groups in total. The van der Waals surface area contributed by atoms with Gasteiger partial charge in [-0.05, 0) is 61.6 Å². The van der Waals surface area contributed by atoms with Gasteiger partial charge in [0.05, 0.1) is 7.11 Å². The molecule has 164 valence electrons.